The third kappa shape index (κ3) is 6.74. The van der Waals surface area contributed by atoms with Crippen LogP contribution in [0.2, 0.25) is 0 Å². The molecule has 0 spiro atoms. The van der Waals surface area contributed by atoms with Gasteiger partial charge in [-0.25, -0.2) is 19.9 Å². The first kappa shape index (κ1) is 25.5. The molecule has 0 amide bonds. The average molecular weight is 518 g/mol. The van der Waals surface area contributed by atoms with Gasteiger partial charge in [-0.1, -0.05) is 0 Å². The van der Waals surface area contributed by atoms with Gasteiger partial charge in [-0.2, -0.15) is 13.2 Å². The summed E-state index contributed by atoms with van der Waals surface area (Å²) < 4.78 is 93.1. The van der Waals surface area contributed by atoms with E-state index in [9.17, 15) is 26.3 Å². The van der Waals surface area contributed by atoms with Gasteiger partial charge in [-0.15, -0.1) is 13.2 Å². The van der Waals surface area contributed by atoms with Crippen LogP contribution in [0.3, 0.4) is 0 Å². The van der Waals surface area contributed by atoms with Crippen molar-refractivity contribution >= 4 is 22.5 Å². The fourth-order valence-corrected chi connectivity index (χ4v) is 3.22. The van der Waals surface area contributed by atoms with Crippen LogP contribution in [0.25, 0.3) is 10.9 Å². The van der Waals surface area contributed by atoms with E-state index < -0.39 is 24.1 Å². The predicted molar refractivity (Wildman–Crippen MR) is 114 cm³/mol. The lowest BCUT2D eigenvalue weighted by atomic mass is 10.2. The minimum atomic E-state index is -4.98. The van der Waals surface area contributed by atoms with E-state index in [0.29, 0.717) is 0 Å². The van der Waals surface area contributed by atoms with Crippen molar-refractivity contribution in [3.05, 3.63) is 35.5 Å². The Morgan fingerprint density at radius 2 is 1.72 bits per heavy atom. The maximum absolute atomic E-state index is 13.0. The first-order valence-electron chi connectivity index (χ1n) is 10.6. The fourth-order valence-electron chi connectivity index (χ4n) is 3.22. The summed E-state index contributed by atoms with van der Waals surface area (Å²) in [6.45, 7) is 1.39. The highest BCUT2D eigenvalue weighted by Crippen LogP contribution is 2.38. The Kier molecular flexibility index (Phi) is 6.93. The first-order chi connectivity index (χ1) is 16.9. The molecular formula is C21H20F6N6O3. The van der Waals surface area contributed by atoms with Crippen molar-refractivity contribution < 1.29 is 40.6 Å². The standard InChI is InChI=1S/C21H20F6N6O3/c1-10-30-14-8-16(36-21(25,26)27)15(35-5-4-34-12-2-3-12)7-13(14)18(31-10)29-9-11-6-17(28)33-19(32-11)20(22,23)24/h6-8,12H,2-5,9H2,1H3,(H2,28,32,33)(H,29,30,31). The normalized spacial score (nSPS) is 14.2. The van der Waals surface area contributed by atoms with Crippen LogP contribution >= 0.6 is 0 Å². The zero-order valence-corrected chi connectivity index (χ0v) is 18.7. The average Bonchev–Trinajstić information content (AvgIpc) is 3.58. The van der Waals surface area contributed by atoms with Crippen molar-refractivity contribution in [2.24, 2.45) is 0 Å². The molecule has 0 aliphatic heterocycles. The minimum absolute atomic E-state index is 0.0356. The zero-order chi connectivity index (χ0) is 26.1. The number of rotatable bonds is 9. The molecule has 3 aromatic rings. The van der Waals surface area contributed by atoms with Gasteiger partial charge in [0.05, 0.1) is 30.5 Å². The highest BCUT2D eigenvalue weighted by Gasteiger charge is 2.35. The summed E-state index contributed by atoms with van der Waals surface area (Å²) in [5, 5.41) is 3.07. The Labute approximate surface area is 200 Å². The van der Waals surface area contributed by atoms with Crippen LogP contribution in [0.5, 0.6) is 11.5 Å². The molecule has 9 nitrogen and oxygen atoms in total. The number of ether oxygens (including phenoxy) is 3. The van der Waals surface area contributed by atoms with E-state index >= 15 is 0 Å². The number of nitrogens with zero attached hydrogens (tertiary/aromatic N) is 4. The molecule has 0 saturated heterocycles. The van der Waals surface area contributed by atoms with Gasteiger partial charge >= 0.3 is 12.5 Å². The quantitative estimate of drug-likeness (QED) is 0.314. The van der Waals surface area contributed by atoms with Crippen LogP contribution in [0.4, 0.5) is 38.0 Å². The number of benzene rings is 1. The Morgan fingerprint density at radius 3 is 2.39 bits per heavy atom. The molecule has 2 aromatic heterocycles. The van der Waals surface area contributed by atoms with Crippen molar-refractivity contribution in [1.82, 2.24) is 19.9 Å². The molecule has 0 unspecified atom stereocenters. The molecular weight excluding hydrogens is 498 g/mol. The summed E-state index contributed by atoms with van der Waals surface area (Å²) in [4.78, 5) is 15.0. The molecule has 1 saturated carbocycles. The van der Waals surface area contributed by atoms with E-state index in [-0.39, 0.29) is 65.7 Å². The van der Waals surface area contributed by atoms with Gasteiger partial charge < -0.3 is 25.3 Å². The van der Waals surface area contributed by atoms with Crippen LogP contribution in [0.15, 0.2) is 18.2 Å². The van der Waals surface area contributed by atoms with Crippen molar-refractivity contribution in [2.75, 3.05) is 24.3 Å². The van der Waals surface area contributed by atoms with Gasteiger partial charge in [0.15, 0.2) is 11.5 Å². The molecule has 1 aliphatic rings. The number of nitrogens with two attached hydrogens (primary N) is 1. The first-order valence-corrected chi connectivity index (χ1v) is 10.6. The van der Waals surface area contributed by atoms with E-state index in [2.05, 4.69) is 30.0 Å². The second kappa shape index (κ2) is 9.79. The monoisotopic (exact) mass is 518 g/mol. The largest absolute Gasteiger partial charge is 0.573 e. The number of aryl methyl sites for hydroxylation is 1. The summed E-state index contributed by atoms with van der Waals surface area (Å²) in [7, 11) is 0. The van der Waals surface area contributed by atoms with Crippen molar-refractivity contribution in [3.63, 3.8) is 0 Å². The van der Waals surface area contributed by atoms with Gasteiger partial charge in [0.25, 0.3) is 0 Å². The minimum Gasteiger partial charge on any atom is -0.487 e. The Morgan fingerprint density at radius 1 is 0.972 bits per heavy atom. The van der Waals surface area contributed by atoms with E-state index in [1.54, 1.807) is 0 Å². The Balaban J connectivity index is 1.63. The summed E-state index contributed by atoms with van der Waals surface area (Å²) in [6, 6.07) is 3.46. The topological polar surface area (TPSA) is 117 Å². The van der Waals surface area contributed by atoms with Crippen LogP contribution in [-0.4, -0.2) is 45.6 Å². The number of hydrogen-bond donors (Lipinski definition) is 2. The molecule has 194 valence electrons. The molecule has 2 heterocycles. The molecule has 0 radical (unpaired) electrons. The SMILES string of the molecule is Cc1nc(NCc2cc(N)nc(C(F)(F)F)n2)c2cc(OCCOC3CC3)c(OC(F)(F)F)cc2n1. The predicted octanol–water partition coefficient (Wildman–Crippen LogP) is 4.40. The number of nitrogens with one attached hydrogen (secondary N) is 1. The van der Waals surface area contributed by atoms with Crippen LogP contribution in [0, 0.1) is 6.92 Å². The van der Waals surface area contributed by atoms with Gasteiger partial charge in [0.1, 0.15) is 24.1 Å². The van der Waals surface area contributed by atoms with E-state index in [1.807, 2.05) is 0 Å². The summed E-state index contributed by atoms with van der Waals surface area (Å²) in [6.07, 6.45) is -7.80. The molecule has 1 aromatic carbocycles. The number of fused-ring (bicyclic) bond motifs is 1. The maximum atomic E-state index is 13.0. The Hall–Kier alpha value is -3.62. The number of halogens is 6. The van der Waals surface area contributed by atoms with Crippen LogP contribution < -0.4 is 20.5 Å². The summed E-state index contributed by atoms with van der Waals surface area (Å²) in [5.74, 6) is -2.31. The van der Waals surface area contributed by atoms with Crippen LogP contribution in [0.1, 0.15) is 30.2 Å². The van der Waals surface area contributed by atoms with Gasteiger partial charge in [-0.3, -0.25) is 0 Å². The highest BCUT2D eigenvalue weighted by molar-refractivity contribution is 5.91. The number of nitrogen functional groups attached to an aromatic ring is 1. The molecule has 0 atom stereocenters. The summed E-state index contributed by atoms with van der Waals surface area (Å²) >= 11 is 0. The van der Waals surface area contributed by atoms with Gasteiger partial charge in [0.2, 0.25) is 5.82 Å². The summed E-state index contributed by atoms with van der Waals surface area (Å²) in [5.41, 5.74) is 5.48. The molecule has 4 rings (SSSR count). The molecule has 3 N–H and O–H groups in total. The van der Waals surface area contributed by atoms with Crippen molar-refractivity contribution in [3.8, 4) is 11.5 Å². The lowest BCUT2D eigenvalue weighted by molar-refractivity contribution is -0.275. The number of anilines is 2. The molecule has 1 aliphatic carbocycles. The van der Waals surface area contributed by atoms with E-state index in [0.717, 1.165) is 25.0 Å². The number of hydrogen-bond acceptors (Lipinski definition) is 9. The lowest BCUT2D eigenvalue weighted by Crippen LogP contribution is -2.18. The lowest BCUT2D eigenvalue weighted by Gasteiger charge is -2.17. The van der Waals surface area contributed by atoms with E-state index in [1.165, 1.54) is 13.0 Å². The third-order valence-electron chi connectivity index (χ3n) is 4.81. The number of alkyl halides is 6. The van der Waals surface area contributed by atoms with Crippen LogP contribution in [-0.2, 0) is 17.5 Å². The second-order valence-corrected chi connectivity index (χ2v) is 7.86. The van der Waals surface area contributed by atoms with Crippen molar-refractivity contribution in [2.45, 2.75) is 45.0 Å². The third-order valence-corrected chi connectivity index (χ3v) is 4.81. The second-order valence-electron chi connectivity index (χ2n) is 7.86. The molecule has 1 fully saturated rings. The van der Waals surface area contributed by atoms with Gasteiger partial charge in [-0.05, 0) is 25.8 Å². The zero-order valence-electron chi connectivity index (χ0n) is 18.7. The molecule has 0 bridgehead atoms. The van der Waals surface area contributed by atoms with Gasteiger partial charge in [0, 0.05) is 17.5 Å². The fraction of sp³-hybridized carbons (Fsp3) is 0.429. The maximum Gasteiger partial charge on any atom is 0.573 e. The van der Waals surface area contributed by atoms with Crippen molar-refractivity contribution in [1.29, 1.82) is 0 Å². The van der Waals surface area contributed by atoms with E-state index in [4.69, 9.17) is 15.2 Å². The smallest absolute Gasteiger partial charge is 0.487 e. The molecule has 36 heavy (non-hydrogen) atoms. The molecule has 15 heteroatoms. The highest BCUT2D eigenvalue weighted by atomic mass is 19.4. The Bertz CT molecular complexity index is 1250. The number of aromatic nitrogens is 4.